The van der Waals surface area contributed by atoms with Gasteiger partial charge in [-0.15, -0.1) is 0 Å². The Morgan fingerprint density at radius 1 is 0.833 bits per heavy atom. The highest BCUT2D eigenvalue weighted by Crippen LogP contribution is 2.27. The molecule has 4 rings (SSSR count). The molecule has 0 aromatic heterocycles. The van der Waals surface area contributed by atoms with E-state index in [1.54, 1.807) is 42.5 Å². The molecular formula is C29H25N3O4. The minimum Gasteiger partial charge on any atom is -0.422 e. The van der Waals surface area contributed by atoms with Gasteiger partial charge in [0, 0.05) is 11.1 Å². The maximum atomic E-state index is 12.7. The van der Waals surface area contributed by atoms with Crippen molar-refractivity contribution in [1.29, 1.82) is 0 Å². The van der Waals surface area contributed by atoms with E-state index in [9.17, 15) is 14.4 Å². The summed E-state index contributed by atoms with van der Waals surface area (Å²) in [5, 5.41) is 8.34. The van der Waals surface area contributed by atoms with Crippen molar-refractivity contribution in [2.24, 2.45) is 5.10 Å². The topological polar surface area (TPSA) is 96.9 Å². The van der Waals surface area contributed by atoms with Crippen LogP contribution in [-0.2, 0) is 4.79 Å². The molecule has 0 fully saturated rings. The number of hydrazone groups is 1. The summed E-state index contributed by atoms with van der Waals surface area (Å²) in [5.74, 6) is -1.03. The molecule has 36 heavy (non-hydrogen) atoms. The largest absolute Gasteiger partial charge is 0.422 e. The molecule has 180 valence electrons. The normalized spacial score (nSPS) is 10.8. The third-order valence-electron chi connectivity index (χ3n) is 5.46. The zero-order valence-corrected chi connectivity index (χ0v) is 19.9. The predicted molar refractivity (Wildman–Crippen MR) is 139 cm³/mol. The van der Waals surface area contributed by atoms with E-state index < -0.39 is 11.9 Å². The minimum atomic E-state index is -0.495. The lowest BCUT2D eigenvalue weighted by molar-refractivity contribution is -0.120. The maximum Gasteiger partial charge on any atom is 0.343 e. The molecule has 0 radical (unpaired) electrons. The third-order valence-corrected chi connectivity index (χ3v) is 5.46. The lowest BCUT2D eigenvalue weighted by Gasteiger charge is -2.11. The molecule has 0 heterocycles. The molecule has 0 spiro atoms. The number of carbonyl (C=O) groups is 3. The molecule has 0 aliphatic rings. The first kappa shape index (κ1) is 24.3. The summed E-state index contributed by atoms with van der Waals surface area (Å²) in [6, 6.07) is 25.3. The molecule has 0 atom stereocenters. The maximum absolute atomic E-state index is 12.7. The van der Waals surface area contributed by atoms with Crippen LogP contribution in [0.25, 0.3) is 10.8 Å². The van der Waals surface area contributed by atoms with Gasteiger partial charge in [0.15, 0.2) is 0 Å². The van der Waals surface area contributed by atoms with Crippen LogP contribution < -0.4 is 15.5 Å². The number of ether oxygens (including phenoxy) is 1. The van der Waals surface area contributed by atoms with Crippen molar-refractivity contribution in [1.82, 2.24) is 10.7 Å². The number of nitrogens with one attached hydrogen (secondary N) is 2. The molecule has 0 bridgehead atoms. The first-order valence-electron chi connectivity index (χ1n) is 11.4. The predicted octanol–water partition coefficient (Wildman–Crippen LogP) is 4.56. The first-order chi connectivity index (χ1) is 17.4. The number of esters is 1. The molecule has 7 nitrogen and oxygen atoms in total. The third kappa shape index (κ3) is 6.01. The number of nitrogens with zero attached hydrogens (tertiary/aromatic N) is 1. The lowest BCUT2D eigenvalue weighted by Crippen LogP contribution is -2.34. The summed E-state index contributed by atoms with van der Waals surface area (Å²) in [6.45, 7) is 3.55. The molecule has 2 N–H and O–H groups in total. The molecular weight excluding hydrogens is 454 g/mol. The Morgan fingerprint density at radius 3 is 2.28 bits per heavy atom. The van der Waals surface area contributed by atoms with Crippen LogP contribution in [0.5, 0.6) is 5.75 Å². The summed E-state index contributed by atoms with van der Waals surface area (Å²) >= 11 is 0. The van der Waals surface area contributed by atoms with Crippen molar-refractivity contribution in [3.8, 4) is 5.75 Å². The Kier molecular flexibility index (Phi) is 7.51. The quantitative estimate of drug-likeness (QED) is 0.176. The van der Waals surface area contributed by atoms with E-state index in [-0.39, 0.29) is 12.5 Å². The number of hydrogen-bond acceptors (Lipinski definition) is 5. The van der Waals surface area contributed by atoms with E-state index in [1.807, 2.05) is 56.3 Å². The van der Waals surface area contributed by atoms with Gasteiger partial charge in [-0.2, -0.15) is 5.10 Å². The first-order valence-corrected chi connectivity index (χ1v) is 11.4. The van der Waals surface area contributed by atoms with Gasteiger partial charge in [-0.05, 0) is 55.0 Å². The van der Waals surface area contributed by atoms with Gasteiger partial charge in [-0.1, -0.05) is 65.7 Å². The number of fused-ring (bicyclic) bond motifs is 1. The average molecular weight is 480 g/mol. The molecule has 0 unspecified atom stereocenters. The fourth-order valence-corrected chi connectivity index (χ4v) is 3.69. The molecule has 0 aliphatic heterocycles. The summed E-state index contributed by atoms with van der Waals surface area (Å²) in [7, 11) is 0. The molecule has 2 amide bonds. The van der Waals surface area contributed by atoms with Gasteiger partial charge in [0.2, 0.25) is 0 Å². The van der Waals surface area contributed by atoms with Crippen molar-refractivity contribution in [2.75, 3.05) is 6.54 Å². The fourth-order valence-electron chi connectivity index (χ4n) is 3.69. The second-order valence-corrected chi connectivity index (χ2v) is 8.30. The van der Waals surface area contributed by atoms with Gasteiger partial charge >= 0.3 is 5.97 Å². The van der Waals surface area contributed by atoms with E-state index in [0.717, 1.165) is 21.9 Å². The number of carbonyl (C=O) groups excluding carboxylic acids is 3. The van der Waals surface area contributed by atoms with Crippen molar-refractivity contribution < 1.29 is 19.1 Å². The fraction of sp³-hybridized carbons (Fsp3) is 0.103. The van der Waals surface area contributed by atoms with Crippen LogP contribution in [0.2, 0.25) is 0 Å². The number of benzene rings is 4. The number of aryl methyl sites for hydroxylation is 2. The van der Waals surface area contributed by atoms with Gasteiger partial charge in [0.25, 0.3) is 11.8 Å². The second kappa shape index (κ2) is 11.1. The van der Waals surface area contributed by atoms with Gasteiger partial charge in [-0.3, -0.25) is 9.59 Å². The molecule has 7 heteroatoms. The number of hydrogen-bond donors (Lipinski definition) is 2. The Hall–Kier alpha value is -4.78. The van der Waals surface area contributed by atoms with Crippen molar-refractivity contribution in [3.63, 3.8) is 0 Å². The van der Waals surface area contributed by atoms with E-state index in [2.05, 4.69) is 15.8 Å². The monoisotopic (exact) mass is 479 g/mol. The van der Waals surface area contributed by atoms with Crippen molar-refractivity contribution >= 4 is 34.8 Å². The van der Waals surface area contributed by atoms with Crippen LogP contribution in [0, 0.1) is 13.8 Å². The minimum absolute atomic E-state index is 0.241. The van der Waals surface area contributed by atoms with Gasteiger partial charge in [0.1, 0.15) is 5.75 Å². The molecule has 0 saturated heterocycles. The standard InChI is InChI=1S/C29H25N3O4/c1-19-7-5-10-22(15-19)28(34)30-18-27(33)32-31-17-25-24-12-4-3-9-21(24)13-14-26(25)36-29(35)23-11-6-8-20(2)16-23/h3-17H,18H2,1-2H3,(H,30,34)(H,32,33)/b31-17+. The number of rotatable bonds is 7. The molecule has 0 aliphatic carbocycles. The van der Waals surface area contributed by atoms with Crippen LogP contribution in [0.3, 0.4) is 0 Å². The molecule has 4 aromatic rings. The smallest absolute Gasteiger partial charge is 0.343 e. The van der Waals surface area contributed by atoms with Crippen molar-refractivity contribution in [2.45, 2.75) is 13.8 Å². The van der Waals surface area contributed by atoms with E-state index in [0.29, 0.717) is 22.4 Å². The van der Waals surface area contributed by atoms with Crippen LogP contribution >= 0.6 is 0 Å². The highest BCUT2D eigenvalue weighted by molar-refractivity contribution is 6.04. The van der Waals surface area contributed by atoms with E-state index >= 15 is 0 Å². The zero-order valence-electron chi connectivity index (χ0n) is 19.9. The summed E-state index contributed by atoms with van der Waals surface area (Å²) < 4.78 is 5.69. The zero-order chi connectivity index (χ0) is 25.5. The Morgan fingerprint density at radius 2 is 1.53 bits per heavy atom. The van der Waals surface area contributed by atoms with E-state index in [1.165, 1.54) is 6.21 Å². The SMILES string of the molecule is Cc1cccc(C(=O)NCC(=O)N/N=C/c2c(OC(=O)c3cccc(C)c3)ccc3ccccc23)c1. The van der Waals surface area contributed by atoms with E-state index in [4.69, 9.17) is 4.74 Å². The molecule has 4 aromatic carbocycles. The highest BCUT2D eigenvalue weighted by Gasteiger charge is 2.14. The van der Waals surface area contributed by atoms with Crippen LogP contribution in [0.1, 0.15) is 37.4 Å². The summed E-state index contributed by atoms with van der Waals surface area (Å²) in [5.41, 5.74) is 5.75. The number of amides is 2. The van der Waals surface area contributed by atoms with Gasteiger partial charge < -0.3 is 10.1 Å². The van der Waals surface area contributed by atoms with Gasteiger partial charge in [-0.25, -0.2) is 10.2 Å². The Bertz CT molecular complexity index is 1480. The summed E-state index contributed by atoms with van der Waals surface area (Å²) in [6.07, 6.45) is 1.43. The van der Waals surface area contributed by atoms with Crippen LogP contribution in [0.4, 0.5) is 0 Å². The second-order valence-electron chi connectivity index (χ2n) is 8.30. The molecule has 0 saturated carbocycles. The lowest BCUT2D eigenvalue weighted by atomic mass is 10.0. The van der Waals surface area contributed by atoms with Crippen LogP contribution in [-0.4, -0.2) is 30.5 Å². The highest BCUT2D eigenvalue weighted by atomic mass is 16.5. The average Bonchev–Trinajstić information content (AvgIpc) is 2.88. The Labute approximate surface area is 208 Å². The van der Waals surface area contributed by atoms with Gasteiger partial charge in [0.05, 0.1) is 18.3 Å². The van der Waals surface area contributed by atoms with Crippen molar-refractivity contribution in [3.05, 3.63) is 113 Å². The summed E-state index contributed by atoms with van der Waals surface area (Å²) in [4.78, 5) is 37.3. The van der Waals surface area contributed by atoms with Crippen LogP contribution in [0.15, 0.2) is 90.0 Å². The Balaban J connectivity index is 1.47.